The fourth-order valence-corrected chi connectivity index (χ4v) is 3.13. The molecule has 3 rings (SSSR count). The number of pyridine rings is 1. The number of nitrogens with one attached hydrogen (secondary N) is 1. The zero-order valence-corrected chi connectivity index (χ0v) is 15.4. The Hall–Kier alpha value is -2.60. The van der Waals surface area contributed by atoms with Gasteiger partial charge in [-0.25, -0.2) is 0 Å². The van der Waals surface area contributed by atoms with Gasteiger partial charge in [-0.05, 0) is 30.2 Å². The van der Waals surface area contributed by atoms with E-state index >= 15 is 0 Å². The van der Waals surface area contributed by atoms with Gasteiger partial charge in [0.1, 0.15) is 5.75 Å². The van der Waals surface area contributed by atoms with Crippen molar-refractivity contribution < 1.29 is 14.3 Å². The molecule has 1 aromatic carbocycles. The predicted molar refractivity (Wildman–Crippen MR) is 99.3 cm³/mol. The first-order chi connectivity index (χ1) is 12.5. The molecule has 0 spiro atoms. The topological polar surface area (TPSA) is 71.5 Å². The predicted octanol–water partition coefficient (Wildman–Crippen LogP) is 2.72. The normalized spacial score (nSPS) is 16.7. The molecule has 136 valence electrons. The van der Waals surface area contributed by atoms with E-state index < -0.39 is 5.92 Å². The van der Waals surface area contributed by atoms with Gasteiger partial charge in [-0.1, -0.05) is 17.7 Å². The number of nitrogens with zero attached hydrogens (tertiary/aromatic N) is 2. The van der Waals surface area contributed by atoms with Crippen LogP contribution in [-0.2, 0) is 16.1 Å². The molecule has 2 heterocycles. The Kier molecular flexibility index (Phi) is 5.42. The van der Waals surface area contributed by atoms with Crippen LogP contribution >= 0.6 is 11.6 Å². The van der Waals surface area contributed by atoms with Gasteiger partial charge in [0.2, 0.25) is 11.8 Å². The average molecular weight is 374 g/mol. The summed E-state index contributed by atoms with van der Waals surface area (Å²) in [6, 6.07) is 7.21. The van der Waals surface area contributed by atoms with Crippen molar-refractivity contribution in [3.05, 3.63) is 52.8 Å². The van der Waals surface area contributed by atoms with Crippen LogP contribution in [0.3, 0.4) is 0 Å². The van der Waals surface area contributed by atoms with Gasteiger partial charge in [-0.15, -0.1) is 0 Å². The molecule has 1 aromatic heterocycles. The molecule has 1 atom stereocenters. The van der Waals surface area contributed by atoms with E-state index in [0.29, 0.717) is 29.5 Å². The second-order valence-corrected chi connectivity index (χ2v) is 6.66. The van der Waals surface area contributed by atoms with Crippen molar-refractivity contribution in [3.63, 3.8) is 0 Å². The third-order valence-electron chi connectivity index (χ3n) is 4.44. The molecule has 26 heavy (non-hydrogen) atoms. The summed E-state index contributed by atoms with van der Waals surface area (Å²) in [5.41, 5.74) is 2.40. The molecule has 0 saturated carbocycles. The molecule has 6 nitrogen and oxygen atoms in total. The molecule has 2 amide bonds. The van der Waals surface area contributed by atoms with Gasteiger partial charge >= 0.3 is 0 Å². The minimum Gasteiger partial charge on any atom is -0.495 e. The molecule has 1 fully saturated rings. The van der Waals surface area contributed by atoms with E-state index in [9.17, 15) is 9.59 Å². The first-order valence-corrected chi connectivity index (χ1v) is 8.68. The van der Waals surface area contributed by atoms with Gasteiger partial charge in [0.15, 0.2) is 0 Å². The number of methoxy groups -OCH3 is 1. The van der Waals surface area contributed by atoms with Gasteiger partial charge in [-0.2, -0.15) is 0 Å². The van der Waals surface area contributed by atoms with Gasteiger partial charge in [-0.3, -0.25) is 14.6 Å². The maximum atomic E-state index is 12.5. The summed E-state index contributed by atoms with van der Waals surface area (Å²) >= 11 is 6.13. The highest BCUT2D eigenvalue weighted by Crippen LogP contribution is 2.36. The molecule has 1 aliphatic rings. The minimum absolute atomic E-state index is 0.105. The quantitative estimate of drug-likeness (QED) is 0.874. The summed E-state index contributed by atoms with van der Waals surface area (Å²) in [5, 5.41) is 3.44. The second kappa shape index (κ2) is 7.74. The maximum absolute atomic E-state index is 12.5. The molecule has 1 aliphatic heterocycles. The van der Waals surface area contributed by atoms with E-state index in [1.807, 2.05) is 25.1 Å². The van der Waals surface area contributed by atoms with Crippen molar-refractivity contribution in [1.82, 2.24) is 10.3 Å². The molecule has 0 bridgehead atoms. The average Bonchev–Trinajstić information content (AvgIpc) is 3.04. The van der Waals surface area contributed by atoms with Gasteiger partial charge < -0.3 is 15.0 Å². The Morgan fingerprint density at radius 3 is 2.96 bits per heavy atom. The van der Waals surface area contributed by atoms with Crippen LogP contribution in [-0.4, -0.2) is 30.5 Å². The number of benzene rings is 1. The van der Waals surface area contributed by atoms with E-state index in [1.54, 1.807) is 23.4 Å². The first-order valence-electron chi connectivity index (χ1n) is 8.30. The van der Waals surface area contributed by atoms with Gasteiger partial charge in [0.05, 0.1) is 18.7 Å². The first kappa shape index (κ1) is 18.2. The number of rotatable bonds is 5. The second-order valence-electron chi connectivity index (χ2n) is 6.26. The molecular formula is C19H20ClN3O3. The molecule has 2 aromatic rings. The van der Waals surface area contributed by atoms with Crippen LogP contribution < -0.4 is 15.0 Å². The molecule has 1 saturated heterocycles. The maximum Gasteiger partial charge on any atom is 0.227 e. The van der Waals surface area contributed by atoms with E-state index in [-0.39, 0.29) is 18.2 Å². The molecule has 1 N–H and O–H groups in total. The lowest BCUT2D eigenvalue weighted by Crippen LogP contribution is -2.32. The summed E-state index contributed by atoms with van der Waals surface area (Å²) in [4.78, 5) is 30.5. The molecule has 1 unspecified atom stereocenters. The van der Waals surface area contributed by atoms with Crippen molar-refractivity contribution in [2.24, 2.45) is 5.92 Å². The number of amides is 2. The number of hydrogen-bond acceptors (Lipinski definition) is 4. The number of carbonyl (C=O) groups excluding carboxylic acids is 2. The summed E-state index contributed by atoms with van der Waals surface area (Å²) in [7, 11) is 1.53. The highest BCUT2D eigenvalue weighted by atomic mass is 35.5. The Labute approximate surface area is 157 Å². The van der Waals surface area contributed by atoms with Crippen molar-refractivity contribution >= 4 is 29.1 Å². The van der Waals surface area contributed by atoms with Crippen LogP contribution in [0.4, 0.5) is 5.69 Å². The molecule has 0 aliphatic carbocycles. The Morgan fingerprint density at radius 1 is 1.46 bits per heavy atom. The zero-order valence-electron chi connectivity index (χ0n) is 14.7. The Bertz CT molecular complexity index is 826. The number of aryl methyl sites for hydroxylation is 1. The fourth-order valence-electron chi connectivity index (χ4n) is 2.97. The molecule has 7 heteroatoms. The number of aromatic nitrogens is 1. The number of carbonyl (C=O) groups is 2. The number of ether oxygens (including phenoxy) is 1. The van der Waals surface area contributed by atoms with Crippen molar-refractivity contribution in [2.45, 2.75) is 19.9 Å². The summed E-state index contributed by atoms with van der Waals surface area (Å²) < 4.78 is 5.36. The lowest BCUT2D eigenvalue weighted by atomic mass is 10.1. The zero-order chi connectivity index (χ0) is 18.7. The minimum atomic E-state index is -0.403. The highest BCUT2D eigenvalue weighted by molar-refractivity contribution is 6.31. The van der Waals surface area contributed by atoms with E-state index in [4.69, 9.17) is 16.3 Å². The highest BCUT2D eigenvalue weighted by Gasteiger charge is 2.36. The summed E-state index contributed by atoms with van der Waals surface area (Å²) in [5.74, 6) is -0.133. The SMILES string of the molecule is COc1cc(Cl)c(C)cc1N1CC(C(=O)NCc2cccnc2)CC1=O. The summed E-state index contributed by atoms with van der Waals surface area (Å²) in [6.45, 7) is 2.57. The number of anilines is 1. The standard InChI is InChI=1S/C19H20ClN3O3/c1-12-6-16(17(26-2)8-15(12)20)23-11-14(7-18(23)24)19(25)22-10-13-4-3-5-21-9-13/h3-6,8-9,14H,7,10-11H2,1-2H3,(H,22,25). The van der Waals surface area contributed by atoms with E-state index in [1.165, 1.54) is 7.11 Å². The van der Waals surface area contributed by atoms with Gasteiger partial charge in [0.25, 0.3) is 0 Å². The molecule has 0 radical (unpaired) electrons. The monoisotopic (exact) mass is 373 g/mol. The van der Waals surface area contributed by atoms with Crippen LogP contribution in [0.5, 0.6) is 5.75 Å². The number of hydrogen-bond donors (Lipinski definition) is 1. The molecular weight excluding hydrogens is 354 g/mol. The Balaban J connectivity index is 1.70. The third kappa shape index (κ3) is 3.80. The van der Waals surface area contributed by atoms with Crippen molar-refractivity contribution in [3.8, 4) is 5.75 Å². The fraction of sp³-hybridized carbons (Fsp3) is 0.316. The van der Waals surface area contributed by atoms with Crippen LogP contribution in [0.15, 0.2) is 36.7 Å². The third-order valence-corrected chi connectivity index (χ3v) is 4.84. The number of halogens is 1. The Morgan fingerprint density at radius 2 is 2.27 bits per heavy atom. The van der Waals surface area contributed by atoms with Crippen LogP contribution in [0.1, 0.15) is 17.5 Å². The van der Waals surface area contributed by atoms with Crippen molar-refractivity contribution in [2.75, 3.05) is 18.6 Å². The van der Waals surface area contributed by atoms with Gasteiger partial charge in [0, 0.05) is 43.0 Å². The lowest BCUT2D eigenvalue weighted by Gasteiger charge is -2.20. The summed E-state index contributed by atoms with van der Waals surface area (Å²) in [6.07, 6.45) is 3.55. The van der Waals surface area contributed by atoms with Crippen molar-refractivity contribution in [1.29, 1.82) is 0 Å². The van der Waals surface area contributed by atoms with Crippen LogP contribution in [0.25, 0.3) is 0 Å². The smallest absolute Gasteiger partial charge is 0.227 e. The van der Waals surface area contributed by atoms with E-state index in [0.717, 1.165) is 11.1 Å². The lowest BCUT2D eigenvalue weighted by molar-refractivity contribution is -0.126. The van der Waals surface area contributed by atoms with E-state index in [2.05, 4.69) is 10.3 Å². The van der Waals surface area contributed by atoms with Crippen LogP contribution in [0.2, 0.25) is 5.02 Å². The largest absolute Gasteiger partial charge is 0.495 e. The van der Waals surface area contributed by atoms with Crippen LogP contribution in [0, 0.1) is 12.8 Å².